The molecule has 1 aliphatic rings. The van der Waals surface area contributed by atoms with Crippen molar-refractivity contribution in [3.8, 4) is 0 Å². The first-order valence-electron chi connectivity index (χ1n) is 5.07. The second-order valence-electron chi connectivity index (χ2n) is 3.85. The van der Waals surface area contributed by atoms with Crippen LogP contribution in [0.15, 0.2) is 5.38 Å². The lowest BCUT2D eigenvalue weighted by atomic mass is 10.3. The molecule has 0 aromatic carbocycles. The van der Waals surface area contributed by atoms with Gasteiger partial charge in [0, 0.05) is 31.6 Å². The van der Waals surface area contributed by atoms with Gasteiger partial charge in [-0.25, -0.2) is 4.98 Å². The molecule has 5 heteroatoms. The van der Waals surface area contributed by atoms with E-state index in [9.17, 15) is 4.79 Å². The standard InChI is InChI=1S/C10H15N3OS/c1-8-11-9(7-15-8)10(14)13-5-3-12(2)4-6-13/h7H,3-6H2,1-2H3. The number of aromatic nitrogens is 1. The van der Waals surface area contributed by atoms with Gasteiger partial charge in [-0.2, -0.15) is 0 Å². The first-order chi connectivity index (χ1) is 7.16. The fourth-order valence-electron chi connectivity index (χ4n) is 1.63. The van der Waals surface area contributed by atoms with E-state index >= 15 is 0 Å². The summed E-state index contributed by atoms with van der Waals surface area (Å²) in [6, 6.07) is 0. The minimum absolute atomic E-state index is 0.0763. The molecular weight excluding hydrogens is 210 g/mol. The Bertz CT molecular complexity index is 355. The number of rotatable bonds is 1. The van der Waals surface area contributed by atoms with E-state index in [1.165, 1.54) is 11.3 Å². The molecule has 2 heterocycles. The average molecular weight is 225 g/mol. The number of amides is 1. The van der Waals surface area contributed by atoms with Crippen LogP contribution in [0.25, 0.3) is 0 Å². The fraction of sp³-hybridized carbons (Fsp3) is 0.600. The van der Waals surface area contributed by atoms with Gasteiger partial charge in [-0.1, -0.05) is 0 Å². The van der Waals surface area contributed by atoms with Gasteiger partial charge in [-0.05, 0) is 14.0 Å². The Morgan fingerprint density at radius 1 is 1.40 bits per heavy atom. The Balaban J connectivity index is 2.02. The molecule has 82 valence electrons. The highest BCUT2D eigenvalue weighted by Crippen LogP contribution is 2.11. The summed E-state index contributed by atoms with van der Waals surface area (Å²) in [7, 11) is 2.08. The number of likely N-dealkylation sites (N-methyl/N-ethyl adjacent to an activating group) is 1. The van der Waals surface area contributed by atoms with Crippen LogP contribution < -0.4 is 0 Å². The molecule has 0 radical (unpaired) electrons. The maximum absolute atomic E-state index is 12.0. The Hall–Kier alpha value is -0.940. The van der Waals surface area contributed by atoms with Gasteiger partial charge >= 0.3 is 0 Å². The highest BCUT2D eigenvalue weighted by Gasteiger charge is 2.21. The van der Waals surface area contributed by atoms with E-state index in [4.69, 9.17) is 0 Å². The van der Waals surface area contributed by atoms with Crippen molar-refractivity contribution in [3.05, 3.63) is 16.1 Å². The van der Waals surface area contributed by atoms with Crippen LogP contribution in [0, 0.1) is 6.92 Å². The van der Waals surface area contributed by atoms with Crippen molar-refractivity contribution in [2.45, 2.75) is 6.92 Å². The van der Waals surface area contributed by atoms with Crippen molar-refractivity contribution in [1.82, 2.24) is 14.8 Å². The van der Waals surface area contributed by atoms with Crippen LogP contribution in [0.5, 0.6) is 0 Å². The van der Waals surface area contributed by atoms with Crippen LogP contribution in [-0.2, 0) is 0 Å². The smallest absolute Gasteiger partial charge is 0.273 e. The van der Waals surface area contributed by atoms with Crippen LogP contribution in [0.1, 0.15) is 15.5 Å². The minimum atomic E-state index is 0.0763. The fourth-order valence-corrected chi connectivity index (χ4v) is 2.22. The van der Waals surface area contributed by atoms with E-state index in [-0.39, 0.29) is 5.91 Å². The van der Waals surface area contributed by atoms with Crippen LogP contribution in [-0.4, -0.2) is 53.9 Å². The highest BCUT2D eigenvalue weighted by atomic mass is 32.1. The van der Waals surface area contributed by atoms with Crippen LogP contribution in [0.2, 0.25) is 0 Å². The van der Waals surface area contributed by atoms with E-state index in [2.05, 4.69) is 16.9 Å². The van der Waals surface area contributed by atoms with E-state index < -0.39 is 0 Å². The zero-order chi connectivity index (χ0) is 10.8. The molecule has 0 unspecified atom stereocenters. The minimum Gasteiger partial charge on any atom is -0.335 e. The molecule has 1 amide bonds. The van der Waals surface area contributed by atoms with Crippen molar-refractivity contribution in [1.29, 1.82) is 0 Å². The van der Waals surface area contributed by atoms with E-state index in [0.29, 0.717) is 5.69 Å². The number of carbonyl (C=O) groups is 1. The molecule has 0 N–H and O–H groups in total. The maximum Gasteiger partial charge on any atom is 0.273 e. The zero-order valence-electron chi connectivity index (χ0n) is 9.06. The van der Waals surface area contributed by atoms with Crippen LogP contribution in [0.3, 0.4) is 0 Å². The molecular formula is C10H15N3OS. The largest absolute Gasteiger partial charge is 0.335 e. The predicted molar refractivity (Wildman–Crippen MR) is 60.3 cm³/mol. The number of hydrogen-bond donors (Lipinski definition) is 0. The SMILES string of the molecule is Cc1nc(C(=O)N2CCN(C)CC2)cs1. The first kappa shape index (κ1) is 10.6. The average Bonchev–Trinajstić information content (AvgIpc) is 2.65. The lowest BCUT2D eigenvalue weighted by Gasteiger charge is -2.31. The summed E-state index contributed by atoms with van der Waals surface area (Å²) < 4.78 is 0. The second kappa shape index (κ2) is 4.28. The summed E-state index contributed by atoms with van der Waals surface area (Å²) >= 11 is 1.53. The van der Waals surface area contributed by atoms with Gasteiger partial charge in [0.15, 0.2) is 0 Å². The summed E-state index contributed by atoms with van der Waals surface area (Å²) in [5.41, 5.74) is 0.599. The third-order valence-corrected chi connectivity index (χ3v) is 3.40. The zero-order valence-corrected chi connectivity index (χ0v) is 9.88. The monoisotopic (exact) mass is 225 g/mol. The molecule has 2 rings (SSSR count). The second-order valence-corrected chi connectivity index (χ2v) is 4.91. The molecule has 0 bridgehead atoms. The third-order valence-electron chi connectivity index (χ3n) is 2.63. The first-order valence-corrected chi connectivity index (χ1v) is 5.95. The number of hydrogen-bond acceptors (Lipinski definition) is 4. The number of piperazine rings is 1. The summed E-state index contributed by atoms with van der Waals surface area (Å²) in [6.45, 7) is 5.45. The van der Waals surface area contributed by atoms with E-state index in [1.54, 1.807) is 0 Å². The van der Waals surface area contributed by atoms with E-state index in [0.717, 1.165) is 31.2 Å². The van der Waals surface area contributed by atoms with Crippen molar-refractivity contribution in [3.63, 3.8) is 0 Å². The molecule has 4 nitrogen and oxygen atoms in total. The molecule has 0 atom stereocenters. The van der Waals surface area contributed by atoms with Gasteiger partial charge in [0.05, 0.1) is 5.01 Å². The van der Waals surface area contributed by atoms with Crippen molar-refractivity contribution in [2.75, 3.05) is 33.2 Å². The lowest BCUT2D eigenvalue weighted by molar-refractivity contribution is 0.0659. The third kappa shape index (κ3) is 2.35. The van der Waals surface area contributed by atoms with E-state index in [1.807, 2.05) is 17.2 Å². The Labute approximate surface area is 93.5 Å². The summed E-state index contributed by atoms with van der Waals surface area (Å²) in [4.78, 5) is 20.3. The highest BCUT2D eigenvalue weighted by molar-refractivity contribution is 7.09. The maximum atomic E-state index is 12.0. The van der Waals surface area contributed by atoms with Crippen LogP contribution >= 0.6 is 11.3 Å². The molecule has 0 aliphatic carbocycles. The lowest BCUT2D eigenvalue weighted by Crippen LogP contribution is -2.47. The van der Waals surface area contributed by atoms with Gasteiger partial charge in [0.2, 0.25) is 0 Å². The van der Waals surface area contributed by atoms with Crippen LogP contribution in [0.4, 0.5) is 0 Å². The molecule has 1 saturated heterocycles. The predicted octanol–water partition coefficient (Wildman–Crippen LogP) is 0.839. The molecule has 1 aromatic heterocycles. The summed E-state index contributed by atoms with van der Waals surface area (Å²) in [5, 5.41) is 2.79. The van der Waals surface area contributed by atoms with Gasteiger partial charge in [-0.15, -0.1) is 11.3 Å². The van der Waals surface area contributed by atoms with Gasteiger partial charge < -0.3 is 9.80 Å². The quantitative estimate of drug-likeness (QED) is 0.710. The molecule has 1 fully saturated rings. The van der Waals surface area contributed by atoms with Gasteiger partial charge in [-0.3, -0.25) is 4.79 Å². The van der Waals surface area contributed by atoms with Gasteiger partial charge in [0.1, 0.15) is 5.69 Å². The molecule has 0 spiro atoms. The Morgan fingerprint density at radius 2 is 2.07 bits per heavy atom. The molecule has 0 saturated carbocycles. The van der Waals surface area contributed by atoms with Gasteiger partial charge in [0.25, 0.3) is 5.91 Å². The van der Waals surface area contributed by atoms with Crippen molar-refractivity contribution < 1.29 is 4.79 Å². The Morgan fingerprint density at radius 3 is 2.60 bits per heavy atom. The Kier molecular flexibility index (Phi) is 3.02. The molecule has 1 aromatic rings. The number of carbonyl (C=O) groups excluding carboxylic acids is 1. The normalized spacial score (nSPS) is 18.1. The molecule has 15 heavy (non-hydrogen) atoms. The summed E-state index contributed by atoms with van der Waals surface area (Å²) in [5.74, 6) is 0.0763. The van der Waals surface area contributed by atoms with Crippen molar-refractivity contribution in [2.24, 2.45) is 0 Å². The summed E-state index contributed by atoms with van der Waals surface area (Å²) in [6.07, 6.45) is 0. The van der Waals surface area contributed by atoms with Crippen molar-refractivity contribution >= 4 is 17.2 Å². The number of nitrogens with zero attached hydrogens (tertiary/aromatic N) is 3. The number of thiazole rings is 1. The number of aryl methyl sites for hydroxylation is 1. The molecule has 1 aliphatic heterocycles. The topological polar surface area (TPSA) is 36.4 Å².